The van der Waals surface area contributed by atoms with Crippen molar-refractivity contribution in [1.82, 2.24) is 4.90 Å². The molecule has 1 saturated heterocycles. The van der Waals surface area contributed by atoms with E-state index in [1.165, 1.54) is 0 Å². The lowest BCUT2D eigenvalue weighted by Gasteiger charge is -2.35. The fraction of sp³-hybridized carbons (Fsp3) is 0.348. The fourth-order valence-electron chi connectivity index (χ4n) is 3.94. The molecule has 1 aliphatic heterocycles. The first-order valence-corrected chi connectivity index (χ1v) is 10.2. The van der Waals surface area contributed by atoms with Crippen LogP contribution in [0.1, 0.15) is 42.9 Å². The van der Waals surface area contributed by atoms with Gasteiger partial charge in [-0.05, 0) is 68.1 Å². The number of hydrogen-bond acceptors (Lipinski definition) is 4. The quantitative estimate of drug-likeness (QED) is 0.395. The molecule has 30 heavy (non-hydrogen) atoms. The highest BCUT2D eigenvalue weighted by atomic mass is 16.4. The van der Waals surface area contributed by atoms with Gasteiger partial charge in [0.1, 0.15) is 11.9 Å². The number of amides is 1. The third-order valence-corrected chi connectivity index (χ3v) is 5.62. The highest BCUT2D eigenvalue weighted by Crippen LogP contribution is 2.29. The van der Waals surface area contributed by atoms with E-state index in [1.54, 1.807) is 24.3 Å². The molecule has 1 amide bonds. The number of carboxylic acids is 1. The molecule has 5 N–H and O–H groups in total. The standard InChI is InChI=1S/C23H28N4O3/c24-22(25)18-7-9-19(10-8-18)26-20(28)11-6-16-12-14-27(15-13-16)21(23(29)30)17-4-2-1-3-5-17/h1-5,7-10,16,21H,6,11-15H2,(H3,24,25)(H,26,28)(H,29,30). The summed E-state index contributed by atoms with van der Waals surface area (Å²) >= 11 is 0. The Morgan fingerprint density at radius 1 is 1.10 bits per heavy atom. The summed E-state index contributed by atoms with van der Waals surface area (Å²) in [6.07, 6.45) is 2.99. The van der Waals surface area contributed by atoms with E-state index in [1.807, 2.05) is 35.2 Å². The third kappa shape index (κ3) is 5.67. The van der Waals surface area contributed by atoms with Gasteiger partial charge < -0.3 is 16.2 Å². The summed E-state index contributed by atoms with van der Waals surface area (Å²) in [5.74, 6) is -0.454. The van der Waals surface area contributed by atoms with Crippen LogP contribution in [0.25, 0.3) is 0 Å². The molecule has 3 rings (SSSR count). The van der Waals surface area contributed by atoms with Crippen molar-refractivity contribution in [3.05, 3.63) is 65.7 Å². The number of piperidine rings is 1. The topological polar surface area (TPSA) is 120 Å². The summed E-state index contributed by atoms with van der Waals surface area (Å²) in [5.41, 5.74) is 7.54. The summed E-state index contributed by atoms with van der Waals surface area (Å²) < 4.78 is 0. The number of carboxylic acid groups (broad SMARTS) is 1. The monoisotopic (exact) mass is 408 g/mol. The van der Waals surface area contributed by atoms with E-state index in [4.69, 9.17) is 11.1 Å². The molecular weight excluding hydrogens is 380 g/mol. The van der Waals surface area contributed by atoms with Crippen molar-refractivity contribution in [2.45, 2.75) is 31.7 Å². The largest absolute Gasteiger partial charge is 0.480 e. The number of nitrogens with two attached hydrogens (primary N) is 1. The number of aliphatic carboxylic acids is 1. The summed E-state index contributed by atoms with van der Waals surface area (Å²) in [5, 5.41) is 20.0. The van der Waals surface area contributed by atoms with E-state index in [9.17, 15) is 14.7 Å². The zero-order chi connectivity index (χ0) is 21.5. The van der Waals surface area contributed by atoms with Crippen LogP contribution in [0.5, 0.6) is 0 Å². The van der Waals surface area contributed by atoms with Crippen molar-refractivity contribution >= 4 is 23.4 Å². The molecule has 7 nitrogen and oxygen atoms in total. The molecule has 1 unspecified atom stereocenters. The maximum absolute atomic E-state index is 12.3. The maximum Gasteiger partial charge on any atom is 0.325 e. The third-order valence-electron chi connectivity index (χ3n) is 5.62. The zero-order valence-electron chi connectivity index (χ0n) is 16.9. The molecule has 1 heterocycles. The van der Waals surface area contributed by atoms with Gasteiger partial charge in [-0.1, -0.05) is 30.3 Å². The summed E-state index contributed by atoms with van der Waals surface area (Å²) in [6.45, 7) is 1.43. The SMILES string of the molecule is N=C(N)c1ccc(NC(=O)CCC2CCN(C(C(=O)O)c3ccccc3)CC2)cc1. The Morgan fingerprint density at radius 3 is 2.30 bits per heavy atom. The lowest BCUT2D eigenvalue weighted by atomic mass is 9.90. The number of nitrogens with one attached hydrogen (secondary N) is 2. The Morgan fingerprint density at radius 2 is 1.73 bits per heavy atom. The van der Waals surface area contributed by atoms with Crippen molar-refractivity contribution in [2.24, 2.45) is 11.7 Å². The number of carbonyl (C=O) groups excluding carboxylic acids is 1. The molecule has 1 fully saturated rings. The molecule has 0 saturated carbocycles. The van der Waals surface area contributed by atoms with Gasteiger partial charge in [-0.15, -0.1) is 0 Å². The first-order chi connectivity index (χ1) is 14.4. The van der Waals surface area contributed by atoms with E-state index in [2.05, 4.69) is 5.32 Å². The molecule has 0 spiro atoms. The minimum absolute atomic E-state index is 0.00313. The van der Waals surface area contributed by atoms with Gasteiger partial charge in [0.05, 0.1) is 0 Å². The van der Waals surface area contributed by atoms with Crippen molar-refractivity contribution in [2.75, 3.05) is 18.4 Å². The van der Waals surface area contributed by atoms with Gasteiger partial charge in [0, 0.05) is 17.7 Å². The second-order valence-electron chi connectivity index (χ2n) is 7.71. The van der Waals surface area contributed by atoms with Crippen LogP contribution in [0, 0.1) is 11.3 Å². The van der Waals surface area contributed by atoms with Gasteiger partial charge in [0.15, 0.2) is 0 Å². The maximum atomic E-state index is 12.3. The molecule has 2 aromatic rings. The average molecular weight is 409 g/mol. The molecule has 0 aromatic heterocycles. The minimum Gasteiger partial charge on any atom is -0.480 e. The van der Waals surface area contributed by atoms with Gasteiger partial charge in [0.25, 0.3) is 0 Å². The molecule has 2 aromatic carbocycles. The molecule has 7 heteroatoms. The first-order valence-electron chi connectivity index (χ1n) is 10.2. The van der Waals surface area contributed by atoms with Gasteiger partial charge in [0.2, 0.25) is 5.91 Å². The van der Waals surface area contributed by atoms with Crippen LogP contribution in [0.4, 0.5) is 5.69 Å². The lowest BCUT2D eigenvalue weighted by Crippen LogP contribution is -2.40. The van der Waals surface area contributed by atoms with Crippen molar-refractivity contribution in [1.29, 1.82) is 5.41 Å². The highest BCUT2D eigenvalue weighted by molar-refractivity contribution is 5.96. The highest BCUT2D eigenvalue weighted by Gasteiger charge is 2.30. The normalized spacial score (nSPS) is 16.0. The van der Waals surface area contributed by atoms with E-state index in [0.29, 0.717) is 36.7 Å². The van der Waals surface area contributed by atoms with Gasteiger partial charge in [-0.2, -0.15) is 0 Å². The van der Waals surface area contributed by atoms with Crippen LogP contribution < -0.4 is 11.1 Å². The van der Waals surface area contributed by atoms with Crippen LogP contribution >= 0.6 is 0 Å². The van der Waals surface area contributed by atoms with E-state index in [0.717, 1.165) is 24.8 Å². The number of anilines is 1. The van der Waals surface area contributed by atoms with Crippen LogP contribution in [0.3, 0.4) is 0 Å². The smallest absolute Gasteiger partial charge is 0.325 e. The Labute approximate surface area is 176 Å². The number of carbonyl (C=O) groups is 2. The van der Waals surface area contributed by atoms with Gasteiger partial charge >= 0.3 is 5.97 Å². The van der Waals surface area contributed by atoms with E-state index < -0.39 is 12.0 Å². The molecule has 0 radical (unpaired) electrons. The lowest BCUT2D eigenvalue weighted by molar-refractivity contribution is -0.144. The molecule has 0 aliphatic carbocycles. The number of amidine groups is 1. The predicted octanol–water partition coefficient (Wildman–Crippen LogP) is 3.23. The van der Waals surface area contributed by atoms with Crippen LogP contribution in [-0.4, -0.2) is 40.8 Å². The predicted molar refractivity (Wildman–Crippen MR) is 116 cm³/mol. The second kappa shape index (κ2) is 10.0. The summed E-state index contributed by atoms with van der Waals surface area (Å²) in [4.78, 5) is 26.1. The van der Waals surface area contributed by atoms with Gasteiger partial charge in [-0.3, -0.25) is 19.9 Å². The summed E-state index contributed by atoms with van der Waals surface area (Å²) in [7, 11) is 0. The number of likely N-dealkylation sites (tertiary alicyclic amines) is 1. The zero-order valence-corrected chi connectivity index (χ0v) is 16.9. The number of nitrogen functional groups attached to an aromatic ring is 1. The average Bonchev–Trinajstić information content (AvgIpc) is 2.74. The number of benzene rings is 2. The molecule has 1 atom stereocenters. The van der Waals surface area contributed by atoms with Crippen LogP contribution in [-0.2, 0) is 9.59 Å². The van der Waals surface area contributed by atoms with Crippen LogP contribution in [0.2, 0.25) is 0 Å². The number of hydrogen-bond donors (Lipinski definition) is 4. The van der Waals surface area contributed by atoms with Crippen molar-refractivity contribution in [3.63, 3.8) is 0 Å². The van der Waals surface area contributed by atoms with E-state index in [-0.39, 0.29) is 11.7 Å². The Hall–Kier alpha value is -3.19. The fourth-order valence-corrected chi connectivity index (χ4v) is 3.94. The van der Waals surface area contributed by atoms with Crippen LogP contribution in [0.15, 0.2) is 54.6 Å². The van der Waals surface area contributed by atoms with E-state index >= 15 is 0 Å². The minimum atomic E-state index is -0.824. The van der Waals surface area contributed by atoms with Crippen molar-refractivity contribution < 1.29 is 14.7 Å². The second-order valence-corrected chi connectivity index (χ2v) is 7.71. The Bertz CT molecular complexity index is 875. The first kappa shape index (κ1) is 21.5. The summed E-state index contributed by atoms with van der Waals surface area (Å²) in [6, 6.07) is 15.6. The molecule has 158 valence electrons. The Balaban J connectivity index is 1.45. The van der Waals surface area contributed by atoms with Crippen molar-refractivity contribution in [3.8, 4) is 0 Å². The molecule has 0 bridgehead atoms. The number of nitrogens with zero attached hydrogens (tertiary/aromatic N) is 1. The molecular formula is C23H28N4O3. The molecule has 1 aliphatic rings. The number of rotatable bonds is 8. The Kier molecular flexibility index (Phi) is 7.19. The van der Waals surface area contributed by atoms with Gasteiger partial charge in [-0.25, -0.2) is 0 Å².